The van der Waals surface area contributed by atoms with Gasteiger partial charge in [-0.3, -0.25) is 9.58 Å². The summed E-state index contributed by atoms with van der Waals surface area (Å²) in [6.07, 6.45) is 2.67. The predicted molar refractivity (Wildman–Crippen MR) is 73.9 cm³/mol. The molecule has 0 aliphatic carbocycles. The van der Waals surface area contributed by atoms with Gasteiger partial charge >= 0.3 is 0 Å². The van der Waals surface area contributed by atoms with Crippen LogP contribution in [0.3, 0.4) is 0 Å². The normalized spacial score (nSPS) is 24.8. The average Bonchev–Trinajstić information content (AvgIpc) is 2.81. The molecular weight excluding hydrogens is 242 g/mol. The van der Waals surface area contributed by atoms with Crippen molar-refractivity contribution in [1.29, 1.82) is 0 Å². The molecule has 1 N–H and O–H groups in total. The lowest BCUT2D eigenvalue weighted by Crippen LogP contribution is -2.46. The first-order chi connectivity index (χ1) is 9.17. The molecule has 0 saturated carbocycles. The molecule has 108 valence electrons. The van der Waals surface area contributed by atoms with Crippen LogP contribution in [0.1, 0.15) is 26.5 Å². The van der Waals surface area contributed by atoms with Gasteiger partial charge in [-0.2, -0.15) is 0 Å². The summed E-state index contributed by atoms with van der Waals surface area (Å²) in [6.45, 7) is 12.0. The number of aromatic nitrogens is 3. The molecule has 1 aliphatic heterocycles. The first-order valence-electron chi connectivity index (χ1n) is 7.15. The van der Waals surface area contributed by atoms with Crippen LogP contribution in [-0.4, -0.2) is 58.3 Å². The largest absolute Gasteiger partial charge is 0.373 e. The quantitative estimate of drug-likeness (QED) is 0.813. The molecule has 2 heterocycles. The highest BCUT2D eigenvalue weighted by Gasteiger charge is 2.21. The number of ether oxygens (including phenoxy) is 1. The van der Waals surface area contributed by atoms with Gasteiger partial charge in [-0.1, -0.05) is 12.1 Å². The van der Waals surface area contributed by atoms with Crippen molar-refractivity contribution in [3.8, 4) is 0 Å². The van der Waals surface area contributed by atoms with E-state index in [4.69, 9.17) is 4.74 Å². The highest BCUT2D eigenvalue weighted by Crippen LogP contribution is 2.10. The Balaban J connectivity index is 1.76. The van der Waals surface area contributed by atoms with Gasteiger partial charge in [0.15, 0.2) is 0 Å². The van der Waals surface area contributed by atoms with Crippen molar-refractivity contribution >= 4 is 0 Å². The van der Waals surface area contributed by atoms with Crippen LogP contribution in [0, 0.1) is 0 Å². The molecule has 0 amide bonds. The molecule has 0 bridgehead atoms. The van der Waals surface area contributed by atoms with Crippen molar-refractivity contribution in [2.75, 3.05) is 26.2 Å². The summed E-state index contributed by atoms with van der Waals surface area (Å²) < 4.78 is 7.66. The lowest BCUT2D eigenvalue weighted by atomic mass is 10.2. The molecule has 0 spiro atoms. The Hall–Kier alpha value is -0.980. The number of rotatable bonds is 6. The van der Waals surface area contributed by atoms with Crippen molar-refractivity contribution in [2.24, 2.45) is 0 Å². The van der Waals surface area contributed by atoms with Crippen LogP contribution in [0.15, 0.2) is 6.20 Å². The molecule has 1 aromatic heterocycles. The second-order valence-electron chi connectivity index (χ2n) is 5.27. The minimum absolute atomic E-state index is 0.323. The molecule has 19 heavy (non-hydrogen) atoms. The van der Waals surface area contributed by atoms with E-state index in [9.17, 15) is 0 Å². The topological polar surface area (TPSA) is 55.2 Å². The Morgan fingerprint density at radius 3 is 2.74 bits per heavy atom. The maximum absolute atomic E-state index is 5.73. The van der Waals surface area contributed by atoms with Crippen molar-refractivity contribution in [2.45, 2.75) is 46.1 Å². The SMILES string of the molecule is CCNCc1cn(CCN2CC(C)OC(C)C2)nn1. The minimum Gasteiger partial charge on any atom is -0.373 e. The monoisotopic (exact) mass is 267 g/mol. The van der Waals surface area contributed by atoms with Gasteiger partial charge in [0.25, 0.3) is 0 Å². The van der Waals surface area contributed by atoms with E-state index in [2.05, 4.69) is 41.3 Å². The fraction of sp³-hybridized carbons (Fsp3) is 0.846. The lowest BCUT2D eigenvalue weighted by Gasteiger charge is -2.35. The summed E-state index contributed by atoms with van der Waals surface area (Å²) in [4.78, 5) is 2.43. The van der Waals surface area contributed by atoms with Crippen LogP contribution in [0.2, 0.25) is 0 Å². The minimum atomic E-state index is 0.323. The summed E-state index contributed by atoms with van der Waals surface area (Å²) in [5, 5.41) is 11.6. The molecule has 2 atom stereocenters. The zero-order valence-electron chi connectivity index (χ0n) is 12.2. The molecule has 1 aliphatic rings. The van der Waals surface area contributed by atoms with Crippen molar-refractivity contribution < 1.29 is 4.74 Å². The van der Waals surface area contributed by atoms with Gasteiger partial charge in [-0.15, -0.1) is 5.10 Å². The summed E-state index contributed by atoms with van der Waals surface area (Å²) >= 11 is 0. The Morgan fingerprint density at radius 2 is 2.05 bits per heavy atom. The van der Waals surface area contributed by atoms with E-state index in [1.165, 1.54) is 0 Å². The summed E-state index contributed by atoms with van der Waals surface area (Å²) in [5.74, 6) is 0. The van der Waals surface area contributed by atoms with Gasteiger partial charge in [-0.05, 0) is 20.4 Å². The van der Waals surface area contributed by atoms with Crippen LogP contribution in [0.25, 0.3) is 0 Å². The second kappa shape index (κ2) is 6.98. The van der Waals surface area contributed by atoms with Gasteiger partial charge < -0.3 is 10.1 Å². The predicted octanol–water partition coefficient (Wildman–Crippen LogP) is 0.497. The van der Waals surface area contributed by atoms with Gasteiger partial charge in [-0.25, -0.2) is 0 Å². The Bertz CT molecular complexity index is 371. The summed E-state index contributed by atoms with van der Waals surface area (Å²) in [6, 6.07) is 0. The Labute approximate surface area is 115 Å². The number of hydrogen-bond donors (Lipinski definition) is 1. The van der Waals surface area contributed by atoms with Crippen molar-refractivity contribution in [3.63, 3.8) is 0 Å². The number of morpholine rings is 1. The standard InChI is InChI=1S/C13H25N5O/c1-4-14-7-13-10-18(16-15-13)6-5-17-8-11(2)19-12(3)9-17/h10-12,14H,4-9H2,1-3H3. The van der Waals surface area contributed by atoms with E-state index in [0.29, 0.717) is 12.2 Å². The fourth-order valence-corrected chi connectivity index (χ4v) is 2.49. The summed E-state index contributed by atoms with van der Waals surface area (Å²) in [5.41, 5.74) is 1.01. The number of nitrogens with one attached hydrogen (secondary N) is 1. The van der Waals surface area contributed by atoms with Crippen molar-refractivity contribution in [3.05, 3.63) is 11.9 Å². The third-order valence-electron chi connectivity index (χ3n) is 3.28. The number of hydrogen-bond acceptors (Lipinski definition) is 5. The van der Waals surface area contributed by atoms with Crippen LogP contribution < -0.4 is 5.32 Å². The third-order valence-corrected chi connectivity index (χ3v) is 3.28. The van der Waals surface area contributed by atoms with Crippen molar-refractivity contribution in [1.82, 2.24) is 25.2 Å². The Morgan fingerprint density at radius 1 is 1.32 bits per heavy atom. The molecule has 6 heteroatoms. The van der Waals surface area contributed by atoms with E-state index in [-0.39, 0.29) is 0 Å². The molecule has 0 radical (unpaired) electrons. The van der Waals surface area contributed by atoms with E-state index < -0.39 is 0 Å². The first kappa shape index (κ1) is 14.4. The van der Waals surface area contributed by atoms with E-state index in [0.717, 1.165) is 45.0 Å². The van der Waals surface area contributed by atoms with Crippen LogP contribution >= 0.6 is 0 Å². The zero-order chi connectivity index (χ0) is 13.7. The van der Waals surface area contributed by atoms with Gasteiger partial charge in [0.05, 0.1) is 24.4 Å². The molecule has 1 saturated heterocycles. The van der Waals surface area contributed by atoms with Crippen LogP contribution in [-0.2, 0) is 17.8 Å². The molecule has 2 unspecified atom stereocenters. The maximum Gasteiger partial charge on any atom is 0.0964 e. The number of nitrogens with zero attached hydrogens (tertiary/aromatic N) is 4. The highest BCUT2D eigenvalue weighted by molar-refractivity contribution is 4.91. The lowest BCUT2D eigenvalue weighted by molar-refractivity contribution is -0.0687. The van der Waals surface area contributed by atoms with Gasteiger partial charge in [0.2, 0.25) is 0 Å². The first-order valence-corrected chi connectivity index (χ1v) is 7.15. The summed E-state index contributed by atoms with van der Waals surface area (Å²) in [7, 11) is 0. The zero-order valence-corrected chi connectivity index (χ0v) is 12.2. The van der Waals surface area contributed by atoms with E-state index >= 15 is 0 Å². The second-order valence-corrected chi connectivity index (χ2v) is 5.27. The molecular formula is C13H25N5O. The van der Waals surface area contributed by atoms with Crippen LogP contribution in [0.5, 0.6) is 0 Å². The molecule has 1 fully saturated rings. The molecule has 6 nitrogen and oxygen atoms in total. The Kier molecular flexibility index (Phi) is 5.30. The van der Waals surface area contributed by atoms with Crippen LogP contribution in [0.4, 0.5) is 0 Å². The smallest absolute Gasteiger partial charge is 0.0964 e. The highest BCUT2D eigenvalue weighted by atomic mass is 16.5. The van der Waals surface area contributed by atoms with E-state index in [1.807, 2.05) is 10.9 Å². The fourth-order valence-electron chi connectivity index (χ4n) is 2.49. The van der Waals surface area contributed by atoms with Gasteiger partial charge in [0, 0.05) is 32.4 Å². The molecule has 2 rings (SSSR count). The molecule has 1 aromatic rings. The molecule has 0 aromatic carbocycles. The van der Waals surface area contributed by atoms with Gasteiger partial charge in [0.1, 0.15) is 0 Å². The third kappa shape index (κ3) is 4.56. The van der Waals surface area contributed by atoms with E-state index in [1.54, 1.807) is 0 Å². The maximum atomic E-state index is 5.73. The average molecular weight is 267 g/mol.